The molecule has 0 radical (unpaired) electrons. The highest BCUT2D eigenvalue weighted by Gasteiger charge is 2.19. The van der Waals surface area contributed by atoms with Gasteiger partial charge in [-0.25, -0.2) is 0 Å². The molecule has 0 aromatic carbocycles. The lowest BCUT2D eigenvalue weighted by molar-refractivity contribution is 0.362. The molecule has 0 fully saturated rings. The van der Waals surface area contributed by atoms with E-state index in [1.54, 1.807) is 0 Å². The van der Waals surface area contributed by atoms with Gasteiger partial charge in [-0.3, -0.25) is 4.68 Å². The molecule has 1 heterocycles. The number of hydrogen-bond donors (Lipinski definition) is 1. The Balaban J connectivity index is 2.66. The van der Waals surface area contributed by atoms with Crippen LogP contribution in [0, 0.1) is 5.92 Å². The standard InChI is InChI=1S/C12H23N3/c1-4-6-10(7-5-2)12(13)11-8-9-15(3)14-11/h8-10,12H,4-7,13H2,1-3H3. The molecule has 15 heavy (non-hydrogen) atoms. The summed E-state index contributed by atoms with van der Waals surface area (Å²) in [6.07, 6.45) is 6.76. The summed E-state index contributed by atoms with van der Waals surface area (Å²) in [5.41, 5.74) is 7.28. The largest absolute Gasteiger partial charge is 0.322 e. The van der Waals surface area contributed by atoms with Crippen LogP contribution in [0.25, 0.3) is 0 Å². The van der Waals surface area contributed by atoms with Crippen molar-refractivity contribution in [3.63, 3.8) is 0 Å². The molecular weight excluding hydrogens is 186 g/mol. The smallest absolute Gasteiger partial charge is 0.0794 e. The van der Waals surface area contributed by atoms with Crippen LogP contribution in [-0.4, -0.2) is 9.78 Å². The van der Waals surface area contributed by atoms with Gasteiger partial charge in [0.05, 0.1) is 11.7 Å². The van der Waals surface area contributed by atoms with Crippen molar-refractivity contribution in [2.24, 2.45) is 18.7 Å². The van der Waals surface area contributed by atoms with Crippen molar-refractivity contribution in [3.05, 3.63) is 18.0 Å². The molecule has 1 unspecified atom stereocenters. The maximum absolute atomic E-state index is 6.25. The van der Waals surface area contributed by atoms with E-state index in [1.165, 1.54) is 25.7 Å². The van der Waals surface area contributed by atoms with E-state index in [2.05, 4.69) is 18.9 Å². The van der Waals surface area contributed by atoms with E-state index in [0.29, 0.717) is 5.92 Å². The van der Waals surface area contributed by atoms with Crippen LogP contribution in [-0.2, 0) is 7.05 Å². The molecule has 0 aliphatic heterocycles. The first-order chi connectivity index (χ1) is 7.19. The monoisotopic (exact) mass is 209 g/mol. The third-order valence-corrected chi connectivity index (χ3v) is 2.90. The second-order valence-corrected chi connectivity index (χ2v) is 4.28. The quantitative estimate of drug-likeness (QED) is 0.782. The Kier molecular flexibility index (Phi) is 4.82. The average Bonchev–Trinajstić information content (AvgIpc) is 2.63. The molecule has 0 spiro atoms. The lowest BCUT2D eigenvalue weighted by Crippen LogP contribution is -2.22. The molecule has 3 heteroatoms. The summed E-state index contributed by atoms with van der Waals surface area (Å²) in [5, 5.41) is 4.39. The van der Waals surface area contributed by atoms with Crippen LogP contribution in [0.1, 0.15) is 51.3 Å². The van der Waals surface area contributed by atoms with Crippen molar-refractivity contribution in [3.8, 4) is 0 Å². The number of hydrogen-bond acceptors (Lipinski definition) is 2. The third kappa shape index (κ3) is 3.34. The summed E-state index contributed by atoms with van der Waals surface area (Å²) < 4.78 is 1.82. The van der Waals surface area contributed by atoms with E-state index in [9.17, 15) is 0 Å². The van der Waals surface area contributed by atoms with Crippen LogP contribution in [0.15, 0.2) is 12.3 Å². The first-order valence-electron chi connectivity index (χ1n) is 5.94. The number of rotatable bonds is 6. The molecule has 1 aromatic heterocycles. The summed E-state index contributed by atoms with van der Waals surface area (Å²) in [7, 11) is 1.94. The highest BCUT2D eigenvalue weighted by atomic mass is 15.3. The van der Waals surface area contributed by atoms with Crippen molar-refractivity contribution < 1.29 is 0 Å². The fraction of sp³-hybridized carbons (Fsp3) is 0.750. The van der Waals surface area contributed by atoms with Crippen LogP contribution >= 0.6 is 0 Å². The van der Waals surface area contributed by atoms with E-state index in [0.717, 1.165) is 5.69 Å². The molecule has 0 saturated carbocycles. The Hall–Kier alpha value is -0.830. The van der Waals surface area contributed by atoms with E-state index in [1.807, 2.05) is 24.0 Å². The average molecular weight is 209 g/mol. The molecule has 0 bridgehead atoms. The molecule has 1 aromatic rings. The number of aromatic nitrogens is 2. The van der Waals surface area contributed by atoms with E-state index >= 15 is 0 Å². The van der Waals surface area contributed by atoms with Crippen molar-refractivity contribution >= 4 is 0 Å². The maximum atomic E-state index is 6.25. The van der Waals surface area contributed by atoms with Crippen molar-refractivity contribution in [2.75, 3.05) is 0 Å². The van der Waals surface area contributed by atoms with E-state index in [-0.39, 0.29) is 6.04 Å². The predicted octanol–water partition coefficient (Wildman–Crippen LogP) is 2.64. The SMILES string of the molecule is CCCC(CCC)C(N)c1ccn(C)n1. The van der Waals surface area contributed by atoms with Gasteiger partial charge in [0.1, 0.15) is 0 Å². The summed E-state index contributed by atoms with van der Waals surface area (Å²) in [5.74, 6) is 0.579. The zero-order chi connectivity index (χ0) is 11.3. The fourth-order valence-electron chi connectivity index (χ4n) is 2.10. The van der Waals surface area contributed by atoms with Gasteiger partial charge in [0, 0.05) is 13.2 Å². The highest BCUT2D eigenvalue weighted by molar-refractivity contribution is 5.06. The minimum atomic E-state index is 0.103. The fourth-order valence-corrected chi connectivity index (χ4v) is 2.10. The molecule has 86 valence electrons. The lowest BCUT2D eigenvalue weighted by atomic mass is 9.89. The van der Waals surface area contributed by atoms with Crippen molar-refractivity contribution in [2.45, 2.75) is 45.6 Å². The normalized spacial score (nSPS) is 13.4. The molecular formula is C12H23N3. The van der Waals surface area contributed by atoms with Crippen LogP contribution in [0.2, 0.25) is 0 Å². The van der Waals surface area contributed by atoms with Gasteiger partial charge in [-0.1, -0.05) is 26.7 Å². The van der Waals surface area contributed by atoms with E-state index < -0.39 is 0 Å². The molecule has 2 N–H and O–H groups in total. The van der Waals surface area contributed by atoms with Gasteiger partial charge in [-0.05, 0) is 24.8 Å². The number of aryl methyl sites for hydroxylation is 1. The van der Waals surface area contributed by atoms with Gasteiger partial charge in [-0.15, -0.1) is 0 Å². The zero-order valence-electron chi connectivity index (χ0n) is 10.1. The van der Waals surface area contributed by atoms with Gasteiger partial charge < -0.3 is 5.73 Å². The maximum Gasteiger partial charge on any atom is 0.0794 e. The summed E-state index contributed by atoms with van der Waals surface area (Å²) in [4.78, 5) is 0. The molecule has 0 aliphatic rings. The molecule has 0 aliphatic carbocycles. The van der Waals surface area contributed by atoms with Gasteiger partial charge >= 0.3 is 0 Å². The number of nitrogens with zero attached hydrogens (tertiary/aromatic N) is 2. The topological polar surface area (TPSA) is 43.8 Å². The Labute approximate surface area is 92.7 Å². The minimum absolute atomic E-state index is 0.103. The molecule has 3 nitrogen and oxygen atoms in total. The summed E-state index contributed by atoms with van der Waals surface area (Å²) >= 11 is 0. The van der Waals surface area contributed by atoms with Gasteiger partial charge in [0.2, 0.25) is 0 Å². The van der Waals surface area contributed by atoms with Gasteiger partial charge in [0.15, 0.2) is 0 Å². The Morgan fingerprint density at radius 2 is 1.93 bits per heavy atom. The Bertz CT molecular complexity index is 274. The summed E-state index contributed by atoms with van der Waals surface area (Å²) in [6.45, 7) is 4.43. The van der Waals surface area contributed by atoms with Gasteiger partial charge in [-0.2, -0.15) is 5.10 Å². The second kappa shape index (κ2) is 5.91. The first kappa shape index (κ1) is 12.2. The van der Waals surface area contributed by atoms with E-state index in [4.69, 9.17) is 5.73 Å². The lowest BCUT2D eigenvalue weighted by Gasteiger charge is -2.21. The molecule has 0 saturated heterocycles. The first-order valence-corrected chi connectivity index (χ1v) is 5.94. The Morgan fingerprint density at radius 3 is 2.33 bits per heavy atom. The van der Waals surface area contributed by atoms with Crippen LogP contribution < -0.4 is 5.73 Å². The third-order valence-electron chi connectivity index (χ3n) is 2.90. The highest BCUT2D eigenvalue weighted by Crippen LogP contribution is 2.26. The minimum Gasteiger partial charge on any atom is -0.322 e. The molecule has 0 amide bonds. The second-order valence-electron chi connectivity index (χ2n) is 4.28. The van der Waals surface area contributed by atoms with Gasteiger partial charge in [0.25, 0.3) is 0 Å². The predicted molar refractivity (Wildman–Crippen MR) is 63.4 cm³/mol. The van der Waals surface area contributed by atoms with Crippen molar-refractivity contribution in [1.82, 2.24) is 9.78 Å². The summed E-state index contributed by atoms with van der Waals surface area (Å²) in [6, 6.07) is 2.13. The van der Waals surface area contributed by atoms with Crippen LogP contribution in [0.5, 0.6) is 0 Å². The van der Waals surface area contributed by atoms with Crippen LogP contribution in [0.4, 0.5) is 0 Å². The number of nitrogens with two attached hydrogens (primary N) is 1. The van der Waals surface area contributed by atoms with Crippen molar-refractivity contribution in [1.29, 1.82) is 0 Å². The van der Waals surface area contributed by atoms with Crippen LogP contribution in [0.3, 0.4) is 0 Å². The Morgan fingerprint density at radius 1 is 1.33 bits per heavy atom. The zero-order valence-corrected chi connectivity index (χ0v) is 10.1. The molecule has 1 rings (SSSR count). The molecule has 1 atom stereocenters.